The topological polar surface area (TPSA) is 17.3 Å². The molecule has 0 bridgehead atoms. The maximum absolute atomic E-state index is 14.1. The van der Waals surface area contributed by atoms with Crippen molar-refractivity contribution in [2.45, 2.75) is 87.0 Å². The Morgan fingerprint density at radius 2 is 1.67 bits per heavy atom. The van der Waals surface area contributed by atoms with E-state index in [0.717, 1.165) is 72.2 Å². The molecule has 0 aromatic carbocycles. The van der Waals surface area contributed by atoms with Gasteiger partial charge in [0.1, 0.15) is 0 Å². The maximum atomic E-state index is 14.1. The molecule has 27 heavy (non-hydrogen) atoms. The van der Waals surface area contributed by atoms with Gasteiger partial charge in [0.05, 0.1) is 5.70 Å². The lowest BCUT2D eigenvalue weighted by Crippen LogP contribution is -2.18. The summed E-state index contributed by atoms with van der Waals surface area (Å²) < 4.78 is 29.4. The first-order valence-corrected chi connectivity index (χ1v) is 10.3. The van der Waals surface area contributed by atoms with E-state index in [-0.39, 0.29) is 0 Å². The number of hydrogen-bond acceptors (Lipinski definition) is 1. The van der Waals surface area contributed by atoms with Gasteiger partial charge in [0.25, 0.3) is 0 Å². The molecule has 0 fully saturated rings. The first kappa shape index (κ1) is 21.7. The minimum absolute atomic E-state index is 0.685. The second kappa shape index (κ2) is 9.03. The van der Waals surface area contributed by atoms with Crippen LogP contribution in [-0.2, 0) is 6.42 Å². The van der Waals surface area contributed by atoms with Gasteiger partial charge in [-0.3, -0.25) is 13.6 Å². The zero-order valence-electron chi connectivity index (χ0n) is 18.0. The van der Waals surface area contributed by atoms with Crippen molar-refractivity contribution in [3.05, 3.63) is 39.4 Å². The van der Waals surface area contributed by atoms with Crippen molar-refractivity contribution < 1.29 is 8.63 Å². The molecule has 1 aliphatic rings. The van der Waals surface area contributed by atoms with E-state index in [1.54, 1.807) is 0 Å². The number of aromatic nitrogens is 1. The largest absolute Gasteiger partial charge is 0.677 e. The third-order valence-electron chi connectivity index (χ3n) is 5.88. The van der Waals surface area contributed by atoms with Crippen LogP contribution in [-0.4, -0.2) is 17.6 Å². The summed E-state index contributed by atoms with van der Waals surface area (Å²) in [6.07, 6.45) is 5.66. The van der Waals surface area contributed by atoms with Crippen LogP contribution in [0.4, 0.5) is 8.63 Å². The molecular weight excluding hydrogens is 341 g/mol. The molecular formula is C22H33BF2N2. The lowest BCUT2D eigenvalue weighted by atomic mass is 9.93. The van der Waals surface area contributed by atoms with E-state index < -0.39 is 7.40 Å². The van der Waals surface area contributed by atoms with Gasteiger partial charge >= 0.3 is 7.40 Å². The molecule has 0 saturated heterocycles. The third kappa shape index (κ3) is 3.97. The smallest absolute Gasteiger partial charge is 0.329 e. The molecule has 2 rings (SSSR count). The predicted octanol–water partition coefficient (Wildman–Crippen LogP) is 6.93. The highest BCUT2D eigenvalue weighted by Crippen LogP contribution is 2.39. The van der Waals surface area contributed by atoms with Crippen LogP contribution in [0.3, 0.4) is 0 Å². The fourth-order valence-corrected chi connectivity index (χ4v) is 4.49. The van der Waals surface area contributed by atoms with Crippen molar-refractivity contribution in [2.24, 2.45) is 4.99 Å². The molecule has 2 nitrogen and oxygen atoms in total. The molecule has 0 N–H and O–H groups in total. The lowest BCUT2D eigenvalue weighted by molar-refractivity contribution is 0.622. The Kier molecular flexibility index (Phi) is 7.24. The summed E-state index contributed by atoms with van der Waals surface area (Å²) in [5.74, 6) is 0. The fourth-order valence-electron chi connectivity index (χ4n) is 4.49. The van der Waals surface area contributed by atoms with E-state index in [2.05, 4.69) is 20.8 Å². The van der Waals surface area contributed by atoms with Crippen LogP contribution < -0.4 is 0 Å². The maximum Gasteiger partial charge on any atom is 0.677 e. The Hall–Kier alpha value is -1.65. The molecule has 2 heterocycles. The highest BCUT2D eigenvalue weighted by atomic mass is 19.2. The van der Waals surface area contributed by atoms with Gasteiger partial charge in [-0.2, -0.15) is 0 Å². The highest BCUT2D eigenvalue weighted by Gasteiger charge is 2.31. The van der Waals surface area contributed by atoms with Crippen molar-refractivity contribution in [3.63, 3.8) is 0 Å². The molecule has 0 aliphatic carbocycles. The van der Waals surface area contributed by atoms with E-state index >= 15 is 0 Å². The Labute approximate surface area is 163 Å². The van der Waals surface area contributed by atoms with Crippen LogP contribution in [0.15, 0.2) is 21.8 Å². The van der Waals surface area contributed by atoms with Gasteiger partial charge in [0, 0.05) is 22.7 Å². The lowest BCUT2D eigenvalue weighted by Gasteiger charge is -2.16. The average molecular weight is 374 g/mol. The third-order valence-corrected chi connectivity index (χ3v) is 5.88. The normalized spacial score (nSPS) is 16.3. The quantitative estimate of drug-likeness (QED) is 0.347. The molecule has 0 radical (unpaired) electrons. The van der Waals surface area contributed by atoms with Gasteiger partial charge in [0.2, 0.25) is 0 Å². The average Bonchev–Trinajstić information content (AvgIpc) is 3.04. The molecule has 1 aromatic heterocycles. The van der Waals surface area contributed by atoms with Crippen molar-refractivity contribution in [3.8, 4) is 0 Å². The standard InChI is InChI=1S/C22H33BF2N2/c1-8-11-12-13-20(21-14(4)18(9-2)16(6)26-21)22-15(5)19(10-3)17(7)27(22)23(24)25/h8-13H2,1-7H3/b21-20-. The van der Waals surface area contributed by atoms with Crippen LogP contribution in [0.2, 0.25) is 0 Å². The molecule has 1 aliphatic heterocycles. The molecule has 0 unspecified atom stereocenters. The van der Waals surface area contributed by atoms with Gasteiger partial charge < -0.3 is 4.48 Å². The Balaban J connectivity index is 2.79. The monoisotopic (exact) mass is 374 g/mol. The Bertz CT molecular complexity index is 798. The number of rotatable bonds is 8. The SMILES string of the molecule is CCCCC/C(=C1/N=C(C)C(CC)=C1C)c1c(C)c(CC)c(C)n1B(F)F. The molecule has 0 atom stereocenters. The number of nitrogens with zero attached hydrogens (tertiary/aromatic N) is 2. The first-order valence-electron chi connectivity index (χ1n) is 10.3. The highest BCUT2D eigenvalue weighted by molar-refractivity contribution is 6.41. The van der Waals surface area contributed by atoms with Crippen molar-refractivity contribution in [1.82, 2.24) is 4.48 Å². The van der Waals surface area contributed by atoms with Crippen LogP contribution >= 0.6 is 0 Å². The molecule has 0 spiro atoms. The van der Waals surface area contributed by atoms with Crippen molar-refractivity contribution in [1.29, 1.82) is 0 Å². The second-order valence-corrected chi connectivity index (χ2v) is 7.48. The van der Waals surface area contributed by atoms with Gasteiger partial charge in [-0.1, -0.05) is 33.6 Å². The zero-order valence-corrected chi connectivity index (χ0v) is 18.0. The van der Waals surface area contributed by atoms with Crippen molar-refractivity contribution in [2.75, 3.05) is 0 Å². The van der Waals surface area contributed by atoms with Crippen molar-refractivity contribution >= 4 is 18.7 Å². The first-order chi connectivity index (χ1) is 12.8. The second-order valence-electron chi connectivity index (χ2n) is 7.48. The summed E-state index contributed by atoms with van der Waals surface area (Å²) in [5, 5.41) is 0. The van der Waals surface area contributed by atoms with E-state index in [9.17, 15) is 8.63 Å². The summed E-state index contributed by atoms with van der Waals surface area (Å²) in [5.41, 5.74) is 8.74. The van der Waals surface area contributed by atoms with E-state index in [1.807, 2.05) is 27.7 Å². The van der Waals surface area contributed by atoms with Crippen LogP contribution in [0.1, 0.15) is 89.2 Å². The number of hydrogen-bond donors (Lipinski definition) is 0. The molecule has 0 amide bonds. The Morgan fingerprint density at radius 3 is 2.15 bits per heavy atom. The van der Waals surface area contributed by atoms with E-state index in [4.69, 9.17) is 4.99 Å². The fraction of sp³-hybridized carbons (Fsp3) is 0.591. The summed E-state index contributed by atoms with van der Waals surface area (Å²) in [6, 6.07) is 0. The molecule has 1 aromatic rings. The van der Waals surface area contributed by atoms with Gasteiger partial charge in [-0.15, -0.1) is 0 Å². The number of allylic oxidation sites excluding steroid dienone is 3. The summed E-state index contributed by atoms with van der Waals surface area (Å²) in [4.78, 5) is 4.85. The van der Waals surface area contributed by atoms with Gasteiger partial charge in [-0.25, -0.2) is 0 Å². The molecule has 5 heteroatoms. The number of halogens is 2. The number of unbranched alkanes of at least 4 members (excludes halogenated alkanes) is 2. The molecule has 148 valence electrons. The molecule has 0 saturated carbocycles. The minimum atomic E-state index is -2.54. The summed E-state index contributed by atoms with van der Waals surface area (Å²) >= 11 is 0. The summed E-state index contributed by atoms with van der Waals surface area (Å²) in [6.45, 7) is 14.3. The minimum Gasteiger partial charge on any atom is -0.329 e. The van der Waals surface area contributed by atoms with Gasteiger partial charge in [-0.05, 0) is 75.7 Å². The number of aliphatic imine (C=N–C) groups is 1. The predicted molar refractivity (Wildman–Crippen MR) is 114 cm³/mol. The van der Waals surface area contributed by atoms with Gasteiger partial charge in [0.15, 0.2) is 0 Å². The van der Waals surface area contributed by atoms with Crippen LogP contribution in [0.5, 0.6) is 0 Å². The Morgan fingerprint density at radius 1 is 1.00 bits per heavy atom. The van der Waals surface area contributed by atoms with E-state index in [0.29, 0.717) is 11.4 Å². The van der Waals surface area contributed by atoms with Crippen LogP contribution in [0, 0.1) is 13.8 Å². The summed E-state index contributed by atoms with van der Waals surface area (Å²) in [7, 11) is -2.54. The zero-order chi connectivity index (χ0) is 20.3. The van der Waals surface area contributed by atoms with E-state index in [1.165, 1.54) is 10.1 Å². The van der Waals surface area contributed by atoms with Crippen LogP contribution in [0.25, 0.3) is 5.57 Å².